The highest BCUT2D eigenvalue weighted by atomic mass is 16.3. The standard InChI is InChI=1S/C10H19NO4/c1-2-10(15)11-5-8(6-12)3-4-9(14)7-13/h6,8-9,13-14H,2-5,7H2,1H3,(H,11,15). The number of carbonyl (C=O) groups excluding carboxylic acids is 2. The molecule has 0 aromatic carbocycles. The largest absolute Gasteiger partial charge is 0.394 e. The summed E-state index contributed by atoms with van der Waals surface area (Å²) >= 11 is 0. The van der Waals surface area contributed by atoms with Gasteiger partial charge in [0, 0.05) is 18.9 Å². The topological polar surface area (TPSA) is 86.6 Å². The molecule has 5 heteroatoms. The van der Waals surface area contributed by atoms with Crippen LogP contribution in [0.3, 0.4) is 0 Å². The number of aliphatic hydroxyl groups is 2. The van der Waals surface area contributed by atoms with E-state index in [0.717, 1.165) is 6.29 Å². The Balaban J connectivity index is 3.73. The quantitative estimate of drug-likeness (QED) is 0.477. The number of aldehydes is 1. The minimum atomic E-state index is -0.783. The lowest BCUT2D eigenvalue weighted by Crippen LogP contribution is -2.30. The summed E-state index contributed by atoms with van der Waals surface area (Å²) in [4.78, 5) is 21.5. The van der Waals surface area contributed by atoms with Crippen molar-refractivity contribution < 1.29 is 19.8 Å². The van der Waals surface area contributed by atoms with Crippen molar-refractivity contribution in [2.24, 2.45) is 5.92 Å². The van der Waals surface area contributed by atoms with Crippen LogP contribution in [0.25, 0.3) is 0 Å². The second-order valence-electron chi connectivity index (χ2n) is 3.47. The molecule has 0 saturated heterocycles. The molecule has 0 aliphatic rings. The maximum atomic E-state index is 10.9. The Morgan fingerprint density at radius 1 is 1.47 bits per heavy atom. The Bertz CT molecular complexity index is 196. The van der Waals surface area contributed by atoms with Crippen molar-refractivity contribution >= 4 is 12.2 Å². The van der Waals surface area contributed by atoms with Crippen molar-refractivity contribution in [2.45, 2.75) is 32.3 Å². The van der Waals surface area contributed by atoms with Gasteiger partial charge in [-0.05, 0) is 12.8 Å². The first-order chi connectivity index (χ1) is 7.13. The summed E-state index contributed by atoms with van der Waals surface area (Å²) in [5.74, 6) is -0.383. The third kappa shape index (κ3) is 7.04. The predicted octanol–water partition coefficient (Wildman–Crippen LogP) is -0.539. The number of hydrogen-bond donors (Lipinski definition) is 3. The zero-order chi connectivity index (χ0) is 11.7. The summed E-state index contributed by atoms with van der Waals surface area (Å²) in [5, 5.41) is 20.3. The Kier molecular flexibility index (Phi) is 7.85. The Hall–Kier alpha value is -0.940. The van der Waals surface area contributed by atoms with Crippen LogP contribution in [-0.4, -0.2) is 41.7 Å². The number of aliphatic hydroxyl groups excluding tert-OH is 2. The Labute approximate surface area is 89.5 Å². The summed E-state index contributed by atoms with van der Waals surface area (Å²) in [7, 11) is 0. The Morgan fingerprint density at radius 3 is 2.60 bits per heavy atom. The van der Waals surface area contributed by atoms with E-state index in [4.69, 9.17) is 10.2 Å². The Morgan fingerprint density at radius 2 is 2.13 bits per heavy atom. The molecule has 0 heterocycles. The fourth-order valence-corrected chi connectivity index (χ4v) is 1.09. The number of hydrogen-bond acceptors (Lipinski definition) is 4. The molecule has 88 valence electrons. The normalized spacial score (nSPS) is 14.3. The second-order valence-corrected chi connectivity index (χ2v) is 3.47. The van der Waals surface area contributed by atoms with Crippen LogP contribution in [0.1, 0.15) is 26.2 Å². The lowest BCUT2D eigenvalue weighted by molar-refractivity contribution is -0.121. The highest BCUT2D eigenvalue weighted by Crippen LogP contribution is 2.05. The molecule has 0 aromatic rings. The molecule has 15 heavy (non-hydrogen) atoms. The van der Waals surface area contributed by atoms with E-state index in [9.17, 15) is 9.59 Å². The van der Waals surface area contributed by atoms with Gasteiger partial charge in [0.05, 0.1) is 12.7 Å². The number of nitrogens with one attached hydrogen (secondary N) is 1. The fourth-order valence-electron chi connectivity index (χ4n) is 1.09. The molecule has 0 rings (SSSR count). The van der Waals surface area contributed by atoms with Crippen molar-refractivity contribution in [2.75, 3.05) is 13.2 Å². The van der Waals surface area contributed by atoms with Gasteiger partial charge in [0.2, 0.25) is 5.91 Å². The van der Waals surface area contributed by atoms with E-state index in [1.807, 2.05) is 0 Å². The molecule has 2 unspecified atom stereocenters. The summed E-state index contributed by atoms with van der Waals surface area (Å²) in [5.41, 5.74) is 0. The van der Waals surface area contributed by atoms with Gasteiger partial charge in [0.15, 0.2) is 0 Å². The molecule has 0 bridgehead atoms. The summed E-state index contributed by atoms with van der Waals surface area (Å²) in [6, 6.07) is 0. The first-order valence-corrected chi connectivity index (χ1v) is 5.14. The highest BCUT2D eigenvalue weighted by Gasteiger charge is 2.11. The van der Waals surface area contributed by atoms with Gasteiger partial charge in [-0.1, -0.05) is 6.92 Å². The van der Waals surface area contributed by atoms with Crippen LogP contribution in [0.4, 0.5) is 0 Å². The summed E-state index contributed by atoms with van der Waals surface area (Å²) < 4.78 is 0. The first-order valence-electron chi connectivity index (χ1n) is 5.14. The third-order valence-electron chi connectivity index (χ3n) is 2.16. The lowest BCUT2D eigenvalue weighted by atomic mass is 10.0. The minimum absolute atomic E-state index is 0.0930. The van der Waals surface area contributed by atoms with Gasteiger partial charge in [-0.2, -0.15) is 0 Å². The van der Waals surface area contributed by atoms with Crippen LogP contribution in [0.2, 0.25) is 0 Å². The van der Waals surface area contributed by atoms with Crippen LogP contribution in [-0.2, 0) is 9.59 Å². The van der Waals surface area contributed by atoms with E-state index in [1.165, 1.54) is 0 Å². The first kappa shape index (κ1) is 14.1. The number of rotatable bonds is 8. The van der Waals surface area contributed by atoms with Crippen molar-refractivity contribution in [3.63, 3.8) is 0 Å². The minimum Gasteiger partial charge on any atom is -0.394 e. The maximum Gasteiger partial charge on any atom is 0.219 e. The molecule has 0 aliphatic carbocycles. The summed E-state index contributed by atoms with van der Waals surface area (Å²) in [6.07, 6.45) is 1.21. The van der Waals surface area contributed by atoms with E-state index in [0.29, 0.717) is 25.8 Å². The average Bonchev–Trinajstić information content (AvgIpc) is 2.28. The van der Waals surface area contributed by atoms with Crippen LogP contribution in [0, 0.1) is 5.92 Å². The van der Waals surface area contributed by atoms with Gasteiger partial charge in [0.1, 0.15) is 6.29 Å². The number of carbonyl (C=O) groups is 2. The zero-order valence-electron chi connectivity index (χ0n) is 8.98. The fraction of sp³-hybridized carbons (Fsp3) is 0.800. The molecule has 0 aliphatic heterocycles. The van der Waals surface area contributed by atoms with Gasteiger partial charge in [-0.3, -0.25) is 4.79 Å². The maximum absolute atomic E-state index is 10.9. The number of amides is 1. The molecule has 2 atom stereocenters. The average molecular weight is 217 g/mol. The van der Waals surface area contributed by atoms with E-state index < -0.39 is 6.10 Å². The van der Waals surface area contributed by atoms with Gasteiger partial charge in [-0.15, -0.1) is 0 Å². The van der Waals surface area contributed by atoms with E-state index in [1.54, 1.807) is 6.92 Å². The summed E-state index contributed by atoms with van der Waals surface area (Å²) in [6.45, 7) is 1.74. The van der Waals surface area contributed by atoms with Gasteiger partial charge < -0.3 is 20.3 Å². The van der Waals surface area contributed by atoms with Crippen molar-refractivity contribution in [3.8, 4) is 0 Å². The molecule has 0 saturated carbocycles. The molecule has 0 aromatic heterocycles. The SMILES string of the molecule is CCC(=O)NCC(C=O)CCC(O)CO. The van der Waals surface area contributed by atoms with Gasteiger partial charge in [-0.25, -0.2) is 0 Å². The molecule has 1 amide bonds. The van der Waals surface area contributed by atoms with Crippen LogP contribution < -0.4 is 5.32 Å². The van der Waals surface area contributed by atoms with Crippen LogP contribution in [0.5, 0.6) is 0 Å². The molecule has 0 radical (unpaired) electrons. The smallest absolute Gasteiger partial charge is 0.219 e. The van der Waals surface area contributed by atoms with Gasteiger partial charge >= 0.3 is 0 Å². The molecule has 0 fully saturated rings. The zero-order valence-corrected chi connectivity index (χ0v) is 8.98. The third-order valence-corrected chi connectivity index (χ3v) is 2.16. The predicted molar refractivity (Wildman–Crippen MR) is 55.2 cm³/mol. The van der Waals surface area contributed by atoms with Crippen molar-refractivity contribution in [1.29, 1.82) is 0 Å². The van der Waals surface area contributed by atoms with E-state index >= 15 is 0 Å². The van der Waals surface area contributed by atoms with Crippen molar-refractivity contribution in [1.82, 2.24) is 5.32 Å². The van der Waals surface area contributed by atoms with E-state index in [2.05, 4.69) is 5.32 Å². The monoisotopic (exact) mass is 217 g/mol. The molecule has 3 N–H and O–H groups in total. The molecule has 5 nitrogen and oxygen atoms in total. The lowest BCUT2D eigenvalue weighted by Gasteiger charge is -2.12. The second kappa shape index (κ2) is 8.38. The van der Waals surface area contributed by atoms with Crippen LogP contribution in [0.15, 0.2) is 0 Å². The van der Waals surface area contributed by atoms with Crippen molar-refractivity contribution in [3.05, 3.63) is 0 Å². The molecular weight excluding hydrogens is 198 g/mol. The van der Waals surface area contributed by atoms with E-state index in [-0.39, 0.29) is 18.4 Å². The van der Waals surface area contributed by atoms with Gasteiger partial charge in [0.25, 0.3) is 0 Å². The highest BCUT2D eigenvalue weighted by molar-refractivity contribution is 5.75. The molecular formula is C10H19NO4. The van der Waals surface area contributed by atoms with Crippen LogP contribution >= 0.6 is 0 Å². The molecule has 0 spiro atoms.